The fraction of sp³-hybridized carbons (Fsp3) is 0.333. The monoisotopic (exact) mass is 465 g/mol. The first-order valence-corrected chi connectivity index (χ1v) is 12.4. The third-order valence-corrected chi connectivity index (χ3v) is 7.70. The van der Waals surface area contributed by atoms with Crippen molar-refractivity contribution in [2.75, 3.05) is 37.8 Å². The van der Waals surface area contributed by atoms with Gasteiger partial charge in [0.05, 0.1) is 26.4 Å². The summed E-state index contributed by atoms with van der Waals surface area (Å²) in [4.78, 5) is 21.8. The molecule has 0 fully saturated rings. The van der Waals surface area contributed by atoms with Crippen molar-refractivity contribution in [2.45, 2.75) is 18.2 Å². The van der Waals surface area contributed by atoms with E-state index in [1.54, 1.807) is 36.1 Å². The third kappa shape index (κ3) is 5.00. The summed E-state index contributed by atoms with van der Waals surface area (Å²) in [7, 11) is 0.391. The second-order valence-electron chi connectivity index (χ2n) is 7.12. The van der Waals surface area contributed by atoms with Crippen LogP contribution < -0.4 is 4.90 Å². The molecule has 2 aromatic carbocycles. The van der Waals surface area contributed by atoms with E-state index in [1.807, 2.05) is 31.1 Å². The van der Waals surface area contributed by atoms with Crippen molar-refractivity contribution in [3.05, 3.63) is 53.1 Å². The van der Waals surface area contributed by atoms with Crippen molar-refractivity contribution in [3.8, 4) is 0 Å². The molecule has 0 aliphatic rings. The van der Waals surface area contributed by atoms with E-state index in [0.29, 0.717) is 16.7 Å². The average Bonchev–Trinajstić information content (AvgIpc) is 3.13. The van der Waals surface area contributed by atoms with Gasteiger partial charge >= 0.3 is 0 Å². The van der Waals surface area contributed by atoms with E-state index in [9.17, 15) is 13.2 Å². The third-order valence-electron chi connectivity index (χ3n) is 4.63. The lowest BCUT2D eigenvalue weighted by molar-refractivity contribution is 0.0983. The van der Waals surface area contributed by atoms with Crippen LogP contribution in [0, 0.1) is 0 Å². The number of sulfone groups is 1. The lowest BCUT2D eigenvalue weighted by atomic mass is 10.2. The van der Waals surface area contributed by atoms with Crippen LogP contribution >= 0.6 is 22.9 Å². The van der Waals surface area contributed by atoms with Crippen LogP contribution in [-0.4, -0.2) is 57.1 Å². The molecule has 1 aromatic heterocycles. The van der Waals surface area contributed by atoms with Crippen molar-refractivity contribution in [2.24, 2.45) is 0 Å². The van der Waals surface area contributed by atoms with Gasteiger partial charge in [0.25, 0.3) is 5.91 Å². The summed E-state index contributed by atoms with van der Waals surface area (Å²) in [6.07, 6.45) is 0.720. The maximum absolute atomic E-state index is 13.5. The SMILES string of the molecule is CCS(=O)(=O)c1ccccc1C(=O)N(CCCN(C)C)c1nc2ccc(Cl)cc2s1. The Morgan fingerprint density at radius 2 is 1.87 bits per heavy atom. The Bertz CT molecular complexity index is 1160. The van der Waals surface area contributed by atoms with Gasteiger partial charge in [0.1, 0.15) is 0 Å². The summed E-state index contributed by atoms with van der Waals surface area (Å²) in [5.41, 5.74) is 0.917. The molecule has 30 heavy (non-hydrogen) atoms. The van der Waals surface area contributed by atoms with Gasteiger partial charge in [0, 0.05) is 11.6 Å². The maximum Gasteiger partial charge on any atom is 0.261 e. The number of thiazole rings is 1. The van der Waals surface area contributed by atoms with Crippen LogP contribution in [-0.2, 0) is 9.84 Å². The summed E-state index contributed by atoms with van der Waals surface area (Å²) in [6.45, 7) is 2.78. The summed E-state index contributed by atoms with van der Waals surface area (Å²) in [6, 6.07) is 11.8. The fourth-order valence-electron chi connectivity index (χ4n) is 3.05. The first kappa shape index (κ1) is 22.7. The minimum Gasteiger partial charge on any atom is -0.309 e. The minimum absolute atomic E-state index is 0.0549. The van der Waals surface area contributed by atoms with E-state index < -0.39 is 9.84 Å². The molecule has 1 amide bonds. The number of amides is 1. The second-order valence-corrected chi connectivity index (χ2v) is 10.8. The van der Waals surface area contributed by atoms with Crippen LogP contribution in [0.25, 0.3) is 10.2 Å². The van der Waals surface area contributed by atoms with Gasteiger partial charge in [-0.15, -0.1) is 0 Å². The largest absolute Gasteiger partial charge is 0.309 e. The first-order valence-electron chi connectivity index (χ1n) is 9.57. The van der Waals surface area contributed by atoms with Crippen LogP contribution in [0.2, 0.25) is 5.02 Å². The maximum atomic E-state index is 13.5. The molecule has 3 rings (SSSR count). The van der Waals surface area contributed by atoms with Crippen molar-refractivity contribution in [3.63, 3.8) is 0 Å². The molecule has 0 aliphatic carbocycles. The summed E-state index contributed by atoms with van der Waals surface area (Å²) >= 11 is 7.46. The molecule has 0 saturated carbocycles. The molecule has 6 nitrogen and oxygen atoms in total. The number of carbonyl (C=O) groups excluding carboxylic acids is 1. The smallest absolute Gasteiger partial charge is 0.261 e. The number of anilines is 1. The summed E-state index contributed by atoms with van der Waals surface area (Å²) < 4.78 is 26.0. The highest BCUT2D eigenvalue weighted by Crippen LogP contribution is 2.32. The quantitative estimate of drug-likeness (QED) is 0.494. The number of halogens is 1. The van der Waals surface area contributed by atoms with Crippen molar-refractivity contribution in [1.82, 2.24) is 9.88 Å². The zero-order valence-electron chi connectivity index (χ0n) is 17.1. The van der Waals surface area contributed by atoms with Crippen LogP contribution in [0.5, 0.6) is 0 Å². The molecule has 3 aromatic rings. The molecule has 0 atom stereocenters. The highest BCUT2D eigenvalue weighted by atomic mass is 35.5. The lowest BCUT2D eigenvalue weighted by Crippen LogP contribution is -2.34. The van der Waals surface area contributed by atoms with Crippen molar-refractivity contribution >= 4 is 54.0 Å². The number of benzene rings is 2. The Kier molecular flexibility index (Phi) is 7.13. The highest BCUT2D eigenvalue weighted by molar-refractivity contribution is 7.91. The summed E-state index contributed by atoms with van der Waals surface area (Å²) in [5, 5.41) is 1.13. The molecule has 0 saturated heterocycles. The van der Waals surface area contributed by atoms with Crippen LogP contribution in [0.15, 0.2) is 47.4 Å². The van der Waals surface area contributed by atoms with Crippen LogP contribution in [0.3, 0.4) is 0 Å². The molecular formula is C21H24ClN3O3S2. The fourth-order valence-corrected chi connectivity index (χ4v) is 5.40. The first-order chi connectivity index (χ1) is 14.2. The Morgan fingerprint density at radius 3 is 2.57 bits per heavy atom. The number of nitrogens with zero attached hydrogens (tertiary/aromatic N) is 3. The molecule has 9 heteroatoms. The highest BCUT2D eigenvalue weighted by Gasteiger charge is 2.27. The van der Waals surface area contributed by atoms with Crippen molar-refractivity contribution < 1.29 is 13.2 Å². The molecule has 160 valence electrons. The Morgan fingerprint density at radius 1 is 1.13 bits per heavy atom. The molecule has 0 unspecified atom stereocenters. The molecule has 0 aliphatic heterocycles. The second kappa shape index (κ2) is 9.43. The van der Waals surface area contributed by atoms with Gasteiger partial charge in [0.15, 0.2) is 15.0 Å². The molecule has 1 heterocycles. The van der Waals surface area contributed by atoms with Gasteiger partial charge in [-0.05, 0) is 57.4 Å². The van der Waals surface area contributed by atoms with E-state index in [0.717, 1.165) is 23.2 Å². The topological polar surface area (TPSA) is 70.6 Å². The predicted molar refractivity (Wildman–Crippen MR) is 124 cm³/mol. The van der Waals surface area contributed by atoms with Crippen molar-refractivity contribution in [1.29, 1.82) is 0 Å². The average molecular weight is 466 g/mol. The van der Waals surface area contributed by atoms with Gasteiger partial charge in [-0.25, -0.2) is 13.4 Å². The van der Waals surface area contributed by atoms with E-state index >= 15 is 0 Å². The normalized spacial score (nSPS) is 11.9. The predicted octanol–water partition coefficient (Wildman–Crippen LogP) is 4.34. The van der Waals surface area contributed by atoms with Crippen LogP contribution in [0.4, 0.5) is 5.13 Å². The summed E-state index contributed by atoms with van der Waals surface area (Å²) in [5.74, 6) is -0.441. The number of hydrogen-bond acceptors (Lipinski definition) is 6. The van der Waals surface area contributed by atoms with Gasteiger partial charge < -0.3 is 4.90 Å². The van der Waals surface area contributed by atoms with Crippen LogP contribution in [0.1, 0.15) is 23.7 Å². The Labute approximate surface area is 186 Å². The molecule has 0 bridgehead atoms. The van der Waals surface area contributed by atoms with E-state index in [4.69, 9.17) is 11.6 Å². The number of carbonyl (C=O) groups is 1. The molecule has 0 radical (unpaired) electrons. The van der Waals surface area contributed by atoms with E-state index in [-0.39, 0.29) is 22.1 Å². The Balaban J connectivity index is 2.05. The van der Waals surface area contributed by atoms with E-state index in [2.05, 4.69) is 4.98 Å². The molecule has 0 N–H and O–H groups in total. The van der Waals surface area contributed by atoms with Gasteiger partial charge in [-0.2, -0.15) is 0 Å². The van der Waals surface area contributed by atoms with Gasteiger partial charge in [0.2, 0.25) is 0 Å². The molecule has 0 spiro atoms. The lowest BCUT2D eigenvalue weighted by Gasteiger charge is -2.22. The van der Waals surface area contributed by atoms with E-state index in [1.165, 1.54) is 17.4 Å². The standard InChI is InChI=1S/C21H24ClN3O3S2/c1-4-30(27,28)19-9-6-5-8-16(19)20(26)25(13-7-12-24(2)3)21-23-17-11-10-15(22)14-18(17)29-21/h5-6,8-11,14H,4,7,12-13H2,1-3H3. The number of hydrogen-bond donors (Lipinski definition) is 0. The zero-order chi connectivity index (χ0) is 21.9. The number of rotatable bonds is 8. The number of aromatic nitrogens is 1. The minimum atomic E-state index is -3.54. The van der Waals surface area contributed by atoms with Gasteiger partial charge in [-0.1, -0.05) is 42.0 Å². The number of fused-ring (bicyclic) bond motifs is 1. The van der Waals surface area contributed by atoms with Gasteiger partial charge in [-0.3, -0.25) is 9.69 Å². The molecular weight excluding hydrogens is 442 g/mol. The Hall–Kier alpha value is -2.00. The zero-order valence-corrected chi connectivity index (χ0v) is 19.5.